The molecule has 1 aromatic heterocycles. The standard InChI is InChI=1S/C18H27N3O2/c1-19-17-16(8-5-9-20-17)18(22)21-10-11-23-15(13-21)12-14-6-3-2-4-7-14/h5,8-9,14-15H,2-4,6-7,10-13H2,1H3,(H,19,20)/t15-/m0/s1. The summed E-state index contributed by atoms with van der Waals surface area (Å²) in [6.45, 7) is 2.00. The number of rotatable bonds is 4. The average Bonchev–Trinajstić information content (AvgIpc) is 2.62. The molecule has 2 fully saturated rings. The summed E-state index contributed by atoms with van der Waals surface area (Å²) in [6.07, 6.45) is 9.69. The molecule has 1 saturated carbocycles. The number of aromatic nitrogens is 1. The van der Waals surface area contributed by atoms with Gasteiger partial charge in [0, 0.05) is 26.3 Å². The summed E-state index contributed by atoms with van der Waals surface area (Å²) in [5.74, 6) is 1.47. The molecule has 1 aliphatic carbocycles. The van der Waals surface area contributed by atoms with E-state index in [-0.39, 0.29) is 12.0 Å². The van der Waals surface area contributed by atoms with E-state index in [1.54, 1.807) is 13.2 Å². The summed E-state index contributed by atoms with van der Waals surface area (Å²) in [7, 11) is 1.80. The van der Waals surface area contributed by atoms with Crippen molar-refractivity contribution in [2.75, 3.05) is 32.1 Å². The van der Waals surface area contributed by atoms with E-state index < -0.39 is 0 Å². The Morgan fingerprint density at radius 3 is 3.00 bits per heavy atom. The number of ether oxygens (including phenoxy) is 1. The predicted octanol–water partition coefficient (Wildman–Crippen LogP) is 2.93. The highest BCUT2D eigenvalue weighted by Crippen LogP contribution is 2.29. The van der Waals surface area contributed by atoms with Crippen molar-refractivity contribution in [3.8, 4) is 0 Å². The van der Waals surface area contributed by atoms with Crippen molar-refractivity contribution in [1.82, 2.24) is 9.88 Å². The third-order valence-electron chi connectivity index (χ3n) is 5.02. The van der Waals surface area contributed by atoms with Gasteiger partial charge in [-0.15, -0.1) is 0 Å². The van der Waals surface area contributed by atoms with Gasteiger partial charge in [-0.2, -0.15) is 0 Å². The van der Waals surface area contributed by atoms with Crippen LogP contribution < -0.4 is 5.32 Å². The SMILES string of the molecule is CNc1ncccc1C(=O)N1CCO[C@@H](CC2CCCCC2)C1. The fourth-order valence-electron chi connectivity index (χ4n) is 3.79. The number of amides is 1. The molecule has 1 aliphatic heterocycles. The van der Waals surface area contributed by atoms with E-state index in [2.05, 4.69) is 10.3 Å². The van der Waals surface area contributed by atoms with E-state index >= 15 is 0 Å². The lowest BCUT2D eigenvalue weighted by Gasteiger charge is -2.35. The lowest BCUT2D eigenvalue weighted by molar-refractivity contribution is -0.0336. The molecular weight excluding hydrogens is 290 g/mol. The fourth-order valence-corrected chi connectivity index (χ4v) is 3.79. The highest BCUT2D eigenvalue weighted by molar-refractivity contribution is 5.98. The maximum atomic E-state index is 12.8. The van der Waals surface area contributed by atoms with Crippen LogP contribution in [0.25, 0.3) is 0 Å². The molecule has 5 heteroatoms. The van der Waals surface area contributed by atoms with Gasteiger partial charge in [0.25, 0.3) is 5.91 Å². The lowest BCUT2D eigenvalue weighted by atomic mass is 9.85. The van der Waals surface area contributed by atoms with E-state index in [9.17, 15) is 4.79 Å². The zero-order valence-electron chi connectivity index (χ0n) is 14.0. The van der Waals surface area contributed by atoms with Gasteiger partial charge < -0.3 is 15.0 Å². The normalized spacial score (nSPS) is 22.8. The first kappa shape index (κ1) is 16.2. The predicted molar refractivity (Wildman–Crippen MR) is 90.6 cm³/mol. The first-order chi connectivity index (χ1) is 11.3. The van der Waals surface area contributed by atoms with Crippen LogP contribution in [0, 0.1) is 5.92 Å². The van der Waals surface area contributed by atoms with Gasteiger partial charge in [0.2, 0.25) is 0 Å². The number of anilines is 1. The zero-order valence-corrected chi connectivity index (χ0v) is 14.0. The molecule has 2 heterocycles. The van der Waals surface area contributed by atoms with Crippen LogP contribution in [0.5, 0.6) is 0 Å². The molecular formula is C18H27N3O2. The second-order valence-electron chi connectivity index (χ2n) is 6.63. The van der Waals surface area contributed by atoms with Crippen molar-refractivity contribution >= 4 is 11.7 Å². The number of nitrogens with zero attached hydrogens (tertiary/aromatic N) is 2. The Morgan fingerprint density at radius 2 is 2.22 bits per heavy atom. The summed E-state index contributed by atoms with van der Waals surface area (Å²) in [5, 5.41) is 3.00. The third kappa shape index (κ3) is 4.02. The Morgan fingerprint density at radius 1 is 1.39 bits per heavy atom. The van der Waals surface area contributed by atoms with E-state index in [4.69, 9.17) is 4.74 Å². The number of morpholine rings is 1. The molecule has 1 aromatic rings. The molecule has 1 saturated heterocycles. The number of carbonyl (C=O) groups is 1. The van der Waals surface area contributed by atoms with Gasteiger partial charge in [-0.3, -0.25) is 4.79 Å². The smallest absolute Gasteiger partial charge is 0.257 e. The van der Waals surface area contributed by atoms with E-state index in [1.165, 1.54) is 32.1 Å². The highest BCUT2D eigenvalue weighted by Gasteiger charge is 2.28. The highest BCUT2D eigenvalue weighted by atomic mass is 16.5. The van der Waals surface area contributed by atoms with Crippen molar-refractivity contribution < 1.29 is 9.53 Å². The van der Waals surface area contributed by atoms with Gasteiger partial charge >= 0.3 is 0 Å². The van der Waals surface area contributed by atoms with Crippen LogP contribution >= 0.6 is 0 Å². The Labute approximate surface area is 138 Å². The number of carbonyl (C=O) groups excluding carboxylic acids is 1. The fraction of sp³-hybridized carbons (Fsp3) is 0.667. The number of pyridine rings is 1. The van der Waals surface area contributed by atoms with Gasteiger partial charge in [-0.1, -0.05) is 32.1 Å². The summed E-state index contributed by atoms with van der Waals surface area (Å²) in [6, 6.07) is 3.65. The van der Waals surface area contributed by atoms with Gasteiger partial charge in [0.15, 0.2) is 0 Å². The average molecular weight is 317 g/mol. The van der Waals surface area contributed by atoms with Crippen molar-refractivity contribution in [2.45, 2.75) is 44.6 Å². The minimum absolute atomic E-state index is 0.0550. The molecule has 23 heavy (non-hydrogen) atoms. The second-order valence-corrected chi connectivity index (χ2v) is 6.63. The maximum absolute atomic E-state index is 12.8. The summed E-state index contributed by atoms with van der Waals surface area (Å²) in [5.41, 5.74) is 0.647. The molecule has 3 rings (SSSR count). The Balaban J connectivity index is 1.62. The third-order valence-corrected chi connectivity index (χ3v) is 5.02. The van der Waals surface area contributed by atoms with Crippen LogP contribution in [0.4, 0.5) is 5.82 Å². The van der Waals surface area contributed by atoms with Crippen molar-refractivity contribution in [3.63, 3.8) is 0 Å². The largest absolute Gasteiger partial charge is 0.375 e. The first-order valence-electron chi connectivity index (χ1n) is 8.81. The Bertz CT molecular complexity index is 529. The van der Waals surface area contributed by atoms with Crippen molar-refractivity contribution in [3.05, 3.63) is 23.9 Å². The number of hydrogen-bond acceptors (Lipinski definition) is 4. The number of nitrogens with one attached hydrogen (secondary N) is 1. The van der Waals surface area contributed by atoms with Crippen LogP contribution in [0.2, 0.25) is 0 Å². The minimum atomic E-state index is 0.0550. The van der Waals surface area contributed by atoms with E-state index in [0.29, 0.717) is 31.1 Å². The Kier molecular flexibility index (Phi) is 5.49. The van der Waals surface area contributed by atoms with Gasteiger partial charge in [0.1, 0.15) is 5.82 Å². The summed E-state index contributed by atoms with van der Waals surface area (Å²) in [4.78, 5) is 19.0. The van der Waals surface area contributed by atoms with Gasteiger partial charge in [-0.25, -0.2) is 4.98 Å². The molecule has 0 spiro atoms. The molecule has 2 aliphatic rings. The zero-order chi connectivity index (χ0) is 16.1. The lowest BCUT2D eigenvalue weighted by Crippen LogP contribution is -2.46. The van der Waals surface area contributed by atoms with Gasteiger partial charge in [0.05, 0.1) is 18.3 Å². The van der Waals surface area contributed by atoms with E-state index in [0.717, 1.165) is 12.3 Å². The molecule has 5 nitrogen and oxygen atoms in total. The van der Waals surface area contributed by atoms with Crippen LogP contribution in [0.15, 0.2) is 18.3 Å². The molecule has 0 unspecified atom stereocenters. The van der Waals surface area contributed by atoms with Crippen LogP contribution in [0.3, 0.4) is 0 Å². The second kappa shape index (κ2) is 7.77. The van der Waals surface area contributed by atoms with Crippen LogP contribution in [0.1, 0.15) is 48.9 Å². The van der Waals surface area contributed by atoms with Crippen molar-refractivity contribution in [2.24, 2.45) is 5.92 Å². The molecule has 1 atom stereocenters. The quantitative estimate of drug-likeness (QED) is 0.927. The molecule has 0 bridgehead atoms. The maximum Gasteiger partial charge on any atom is 0.257 e. The topological polar surface area (TPSA) is 54.5 Å². The summed E-state index contributed by atoms with van der Waals surface area (Å²) < 4.78 is 5.93. The monoisotopic (exact) mass is 317 g/mol. The van der Waals surface area contributed by atoms with Crippen LogP contribution in [-0.2, 0) is 4.74 Å². The van der Waals surface area contributed by atoms with Gasteiger partial charge in [-0.05, 0) is 24.5 Å². The number of hydrogen-bond donors (Lipinski definition) is 1. The van der Waals surface area contributed by atoms with Crippen molar-refractivity contribution in [1.29, 1.82) is 0 Å². The molecule has 126 valence electrons. The molecule has 1 amide bonds. The first-order valence-corrected chi connectivity index (χ1v) is 8.81. The molecule has 0 aromatic carbocycles. The summed E-state index contributed by atoms with van der Waals surface area (Å²) >= 11 is 0. The molecule has 1 N–H and O–H groups in total. The Hall–Kier alpha value is -1.62. The van der Waals surface area contributed by atoms with Crippen LogP contribution in [-0.4, -0.2) is 48.6 Å². The minimum Gasteiger partial charge on any atom is -0.375 e. The molecule has 0 radical (unpaired) electrons. The van der Waals surface area contributed by atoms with E-state index in [1.807, 2.05) is 17.0 Å².